The van der Waals surface area contributed by atoms with Gasteiger partial charge in [-0.15, -0.1) is 24.0 Å². The molecular weight excluding hydrogens is 495 g/mol. The van der Waals surface area contributed by atoms with Crippen molar-refractivity contribution >= 4 is 45.9 Å². The highest BCUT2D eigenvalue weighted by Gasteiger charge is 2.08. The molecule has 0 saturated carbocycles. The fourth-order valence-corrected chi connectivity index (χ4v) is 2.67. The third-order valence-corrected chi connectivity index (χ3v) is 4.15. The Bertz CT molecular complexity index is 700. The van der Waals surface area contributed by atoms with Crippen molar-refractivity contribution in [1.29, 1.82) is 0 Å². The molecule has 0 atom stereocenters. The summed E-state index contributed by atoms with van der Waals surface area (Å²) >= 11 is 3.49. The normalized spacial score (nSPS) is 11.4. The van der Waals surface area contributed by atoms with Crippen LogP contribution in [-0.4, -0.2) is 17.7 Å². The second-order valence-corrected chi connectivity index (χ2v) is 6.91. The summed E-state index contributed by atoms with van der Waals surface area (Å²) in [5.74, 6) is 1.94. The minimum Gasteiger partial charge on any atom is -0.359 e. The van der Waals surface area contributed by atoms with Crippen LogP contribution in [0.1, 0.15) is 49.3 Å². The monoisotopic (exact) mass is 520 g/mol. The van der Waals surface area contributed by atoms with Crippen molar-refractivity contribution in [2.75, 3.05) is 6.54 Å². The van der Waals surface area contributed by atoms with Crippen molar-refractivity contribution in [1.82, 2.24) is 15.8 Å². The molecule has 0 aliphatic rings. The molecule has 0 fully saturated rings. The van der Waals surface area contributed by atoms with Gasteiger partial charge in [-0.05, 0) is 43.0 Å². The number of rotatable bonds is 6. The maximum Gasteiger partial charge on any atom is 0.191 e. The van der Waals surface area contributed by atoms with Gasteiger partial charge in [-0.3, -0.25) is 0 Å². The number of aromatic nitrogens is 1. The van der Waals surface area contributed by atoms with Gasteiger partial charge in [-0.2, -0.15) is 0 Å². The maximum atomic E-state index is 5.35. The third-order valence-electron chi connectivity index (χ3n) is 3.66. The van der Waals surface area contributed by atoms with Crippen LogP contribution in [0.5, 0.6) is 0 Å². The van der Waals surface area contributed by atoms with Gasteiger partial charge >= 0.3 is 0 Å². The van der Waals surface area contributed by atoms with E-state index in [1.165, 1.54) is 11.1 Å². The lowest BCUT2D eigenvalue weighted by atomic mass is 10.1. The Kier molecular flexibility index (Phi) is 9.48. The molecule has 0 spiro atoms. The molecule has 5 nitrogen and oxygen atoms in total. The molecule has 1 heterocycles. The summed E-state index contributed by atoms with van der Waals surface area (Å²) in [7, 11) is 0. The number of nitrogens with zero attached hydrogens (tertiary/aromatic N) is 2. The lowest BCUT2D eigenvalue weighted by Gasteiger charge is -2.10. The highest BCUT2D eigenvalue weighted by molar-refractivity contribution is 14.0. The number of halogens is 2. The number of nitrogens with one attached hydrogen (secondary N) is 2. The minimum atomic E-state index is 0. The first-order valence-electron chi connectivity index (χ1n) is 8.22. The summed E-state index contributed by atoms with van der Waals surface area (Å²) in [5, 5.41) is 10.6. The highest BCUT2D eigenvalue weighted by atomic mass is 127. The zero-order valence-electron chi connectivity index (χ0n) is 15.1. The van der Waals surface area contributed by atoms with Gasteiger partial charge in [0.15, 0.2) is 11.7 Å². The number of hydrogen-bond acceptors (Lipinski definition) is 3. The minimum absolute atomic E-state index is 0. The predicted molar refractivity (Wildman–Crippen MR) is 117 cm³/mol. The molecule has 0 aliphatic carbocycles. The van der Waals surface area contributed by atoms with Crippen LogP contribution in [0.2, 0.25) is 0 Å². The first kappa shape index (κ1) is 22.0. The van der Waals surface area contributed by atoms with E-state index in [0.29, 0.717) is 19.0 Å². The Morgan fingerprint density at radius 3 is 2.64 bits per heavy atom. The summed E-state index contributed by atoms with van der Waals surface area (Å²) in [5.41, 5.74) is 3.40. The summed E-state index contributed by atoms with van der Waals surface area (Å²) in [6.07, 6.45) is 0. The van der Waals surface area contributed by atoms with E-state index in [2.05, 4.69) is 69.6 Å². The van der Waals surface area contributed by atoms with Crippen LogP contribution in [0, 0.1) is 6.92 Å². The first-order chi connectivity index (χ1) is 11.5. The average molecular weight is 521 g/mol. The summed E-state index contributed by atoms with van der Waals surface area (Å²) in [6, 6.07) is 8.23. The first-order valence-corrected chi connectivity index (χ1v) is 9.01. The number of benzene rings is 1. The van der Waals surface area contributed by atoms with Crippen LogP contribution in [-0.2, 0) is 13.1 Å². The maximum absolute atomic E-state index is 5.35. The van der Waals surface area contributed by atoms with E-state index >= 15 is 0 Å². The van der Waals surface area contributed by atoms with Crippen molar-refractivity contribution in [3.05, 3.63) is 51.3 Å². The quantitative estimate of drug-likeness (QED) is 0.328. The van der Waals surface area contributed by atoms with E-state index in [-0.39, 0.29) is 24.0 Å². The molecule has 0 amide bonds. The van der Waals surface area contributed by atoms with E-state index in [1.54, 1.807) is 0 Å². The Hall–Kier alpha value is -1.09. The fraction of sp³-hybridized carbons (Fsp3) is 0.444. The van der Waals surface area contributed by atoms with Gasteiger partial charge in [0.25, 0.3) is 0 Å². The Morgan fingerprint density at radius 2 is 2.04 bits per heavy atom. The molecule has 1 aromatic carbocycles. The zero-order chi connectivity index (χ0) is 17.5. The highest BCUT2D eigenvalue weighted by Crippen LogP contribution is 2.16. The molecule has 0 unspecified atom stereocenters. The predicted octanol–water partition coefficient (Wildman–Crippen LogP) is 4.74. The molecule has 0 bridgehead atoms. The van der Waals surface area contributed by atoms with Crippen molar-refractivity contribution in [3.63, 3.8) is 0 Å². The molecule has 2 rings (SSSR count). The molecule has 2 N–H and O–H groups in total. The fourth-order valence-electron chi connectivity index (χ4n) is 2.20. The number of aryl methyl sites for hydroxylation is 1. The smallest absolute Gasteiger partial charge is 0.191 e. The van der Waals surface area contributed by atoms with E-state index in [1.807, 2.05) is 19.1 Å². The lowest BCUT2D eigenvalue weighted by Crippen LogP contribution is -2.36. The third kappa shape index (κ3) is 6.97. The standard InChI is InChI=1S/C18H25BrN4O.HI/c1-5-20-18(21-10-14-6-7-15(19)8-13(14)4)22-11-16-9-17(12(2)3)23-24-16;/h6-9,12H,5,10-11H2,1-4H3,(H2,20,21,22);1H. The second-order valence-electron chi connectivity index (χ2n) is 5.99. The number of aliphatic imine (C=N–C) groups is 1. The van der Waals surface area contributed by atoms with Crippen LogP contribution >= 0.6 is 39.9 Å². The SMILES string of the molecule is CCNC(=NCc1ccc(Br)cc1C)NCc1cc(C(C)C)no1.I. The van der Waals surface area contributed by atoms with Gasteiger partial charge in [0.1, 0.15) is 0 Å². The van der Waals surface area contributed by atoms with E-state index in [0.717, 1.165) is 28.4 Å². The van der Waals surface area contributed by atoms with Crippen LogP contribution in [0.3, 0.4) is 0 Å². The summed E-state index contributed by atoms with van der Waals surface area (Å²) in [6.45, 7) is 10.3. The molecule has 25 heavy (non-hydrogen) atoms. The van der Waals surface area contributed by atoms with Gasteiger partial charge < -0.3 is 15.2 Å². The molecule has 0 saturated heterocycles. The van der Waals surface area contributed by atoms with Crippen molar-refractivity contribution in [2.45, 2.75) is 46.7 Å². The van der Waals surface area contributed by atoms with Gasteiger partial charge in [-0.25, -0.2) is 4.99 Å². The van der Waals surface area contributed by atoms with Crippen molar-refractivity contribution in [2.24, 2.45) is 4.99 Å². The largest absolute Gasteiger partial charge is 0.359 e. The average Bonchev–Trinajstić information content (AvgIpc) is 3.00. The van der Waals surface area contributed by atoms with Crippen LogP contribution in [0.25, 0.3) is 0 Å². The van der Waals surface area contributed by atoms with Crippen LogP contribution in [0.15, 0.2) is 38.3 Å². The van der Waals surface area contributed by atoms with E-state index < -0.39 is 0 Å². The van der Waals surface area contributed by atoms with Gasteiger partial charge in [0.05, 0.1) is 18.8 Å². The van der Waals surface area contributed by atoms with Crippen LogP contribution in [0.4, 0.5) is 0 Å². The molecule has 0 radical (unpaired) electrons. The van der Waals surface area contributed by atoms with Crippen LogP contribution < -0.4 is 10.6 Å². The van der Waals surface area contributed by atoms with Gasteiger partial charge in [0.2, 0.25) is 0 Å². The van der Waals surface area contributed by atoms with Gasteiger partial charge in [-0.1, -0.05) is 41.0 Å². The van der Waals surface area contributed by atoms with E-state index in [9.17, 15) is 0 Å². The molecule has 2 aromatic rings. The summed E-state index contributed by atoms with van der Waals surface area (Å²) in [4.78, 5) is 4.65. The van der Waals surface area contributed by atoms with Gasteiger partial charge in [0, 0.05) is 17.1 Å². The lowest BCUT2D eigenvalue weighted by molar-refractivity contribution is 0.372. The molecule has 138 valence electrons. The topological polar surface area (TPSA) is 62.5 Å². The van der Waals surface area contributed by atoms with Crippen molar-refractivity contribution < 1.29 is 4.52 Å². The second kappa shape index (κ2) is 10.8. The van der Waals surface area contributed by atoms with Crippen molar-refractivity contribution in [3.8, 4) is 0 Å². The Morgan fingerprint density at radius 1 is 1.28 bits per heavy atom. The molecule has 0 aliphatic heterocycles. The number of hydrogen-bond donors (Lipinski definition) is 2. The Balaban J connectivity index is 0.00000312. The zero-order valence-corrected chi connectivity index (χ0v) is 19.0. The molecule has 7 heteroatoms. The summed E-state index contributed by atoms with van der Waals surface area (Å²) < 4.78 is 6.44. The number of guanidine groups is 1. The molecular formula is C18H26BrIN4O. The van der Waals surface area contributed by atoms with E-state index in [4.69, 9.17) is 4.52 Å². The molecule has 1 aromatic heterocycles. The Labute approximate surface area is 175 Å².